The molecule has 1 aromatic heterocycles. The lowest BCUT2D eigenvalue weighted by molar-refractivity contribution is -0.536. The van der Waals surface area contributed by atoms with Crippen molar-refractivity contribution in [1.82, 2.24) is 0 Å². The van der Waals surface area contributed by atoms with E-state index in [1.54, 1.807) is 81.2 Å². The van der Waals surface area contributed by atoms with Gasteiger partial charge in [-0.1, -0.05) is 16.5 Å². The Morgan fingerprint density at radius 1 is 0.757 bits per heavy atom. The Balaban J connectivity index is 0.000000319. The Hall–Kier alpha value is -4.56. The Kier molecular flexibility index (Phi) is 9.07. The van der Waals surface area contributed by atoms with E-state index in [9.17, 15) is 19.8 Å². The van der Waals surface area contributed by atoms with Crippen molar-refractivity contribution in [3.63, 3.8) is 0 Å². The summed E-state index contributed by atoms with van der Waals surface area (Å²) in [7, 11) is -0.596. The molecule has 0 saturated carbocycles. The fraction of sp³-hybridized carbons (Fsp3) is 0.115. The number of nitro benzene ring substituents is 1. The minimum absolute atomic E-state index is 0.0559. The first kappa shape index (κ1) is 27.0. The number of pyridine rings is 1. The number of hydrogen-bond donors (Lipinski definition) is 0. The van der Waals surface area contributed by atoms with E-state index in [1.165, 1.54) is 16.5 Å². The zero-order valence-corrected chi connectivity index (χ0v) is 21.2. The maximum Gasteiger partial charge on any atom is 0.728 e. The number of nitro groups is 1. The average Bonchev–Trinajstić information content (AvgIpc) is 2.90. The van der Waals surface area contributed by atoms with Crippen molar-refractivity contribution in [2.75, 3.05) is 14.2 Å². The van der Waals surface area contributed by atoms with E-state index in [1.807, 2.05) is 13.0 Å². The van der Waals surface area contributed by atoms with E-state index >= 15 is 0 Å². The molecule has 0 fully saturated rings. The van der Waals surface area contributed by atoms with Crippen LogP contribution >= 0.6 is 7.75 Å². The van der Waals surface area contributed by atoms with Gasteiger partial charge in [0.2, 0.25) is 0 Å². The van der Waals surface area contributed by atoms with Crippen LogP contribution in [0, 0.1) is 17.0 Å². The Morgan fingerprint density at radius 3 is 1.62 bits per heavy atom. The van der Waals surface area contributed by atoms with Crippen LogP contribution in [0.15, 0.2) is 97.3 Å². The summed E-state index contributed by atoms with van der Waals surface area (Å²) in [4.78, 5) is 9.47. The predicted octanol–water partition coefficient (Wildman–Crippen LogP) is 5.08. The fourth-order valence-electron chi connectivity index (χ4n) is 2.95. The molecule has 0 atom stereocenters. The molecule has 0 radical (unpaired) electrons. The van der Waals surface area contributed by atoms with Crippen LogP contribution in [0.4, 0.5) is 5.69 Å². The van der Waals surface area contributed by atoms with Gasteiger partial charge in [0.05, 0.1) is 19.1 Å². The average molecular weight is 524 g/mol. The van der Waals surface area contributed by atoms with Crippen molar-refractivity contribution >= 4 is 13.4 Å². The molecule has 0 spiro atoms. The van der Waals surface area contributed by atoms with Gasteiger partial charge in [0.1, 0.15) is 23.0 Å². The molecular weight excluding hydrogens is 499 g/mol. The number of aromatic nitrogens is 1. The quantitative estimate of drug-likeness (QED) is 0.178. The topological polar surface area (TPSA) is 124 Å². The number of ether oxygens (including phenoxy) is 2. The van der Waals surface area contributed by atoms with Crippen molar-refractivity contribution in [1.29, 1.82) is 0 Å². The summed E-state index contributed by atoms with van der Waals surface area (Å²) in [5.74, 6) is 1.95. The third-order valence-corrected chi connectivity index (χ3v) is 6.52. The first-order valence-corrected chi connectivity index (χ1v) is 12.4. The smallest absolute Gasteiger partial charge is 0.728 e. The first-order chi connectivity index (χ1) is 17.7. The van der Waals surface area contributed by atoms with Gasteiger partial charge in [-0.2, -0.15) is 4.57 Å². The van der Waals surface area contributed by atoms with Gasteiger partial charge in [-0.15, -0.1) is 5.75 Å². The lowest BCUT2D eigenvalue weighted by Crippen LogP contribution is -2.35. The molecule has 4 rings (SSSR count). The van der Waals surface area contributed by atoms with Crippen LogP contribution in [-0.4, -0.2) is 19.1 Å². The van der Waals surface area contributed by atoms with Crippen LogP contribution in [0.3, 0.4) is 0 Å². The van der Waals surface area contributed by atoms with Crippen molar-refractivity contribution in [2.45, 2.75) is 6.92 Å². The van der Waals surface area contributed by atoms with Crippen LogP contribution < -0.4 is 28.0 Å². The molecule has 10 nitrogen and oxygen atoms in total. The number of non-ortho nitro benzene ring substituents is 1. The van der Waals surface area contributed by atoms with Crippen LogP contribution in [0.2, 0.25) is 0 Å². The van der Waals surface area contributed by atoms with E-state index < -0.39 is 12.7 Å². The number of hydrogen-bond acceptors (Lipinski definition) is 8. The van der Waals surface area contributed by atoms with Gasteiger partial charge in [0, 0.05) is 23.8 Å². The highest BCUT2D eigenvalue weighted by Crippen LogP contribution is 2.44. The van der Waals surface area contributed by atoms with Crippen LogP contribution in [0.5, 0.6) is 28.7 Å². The SMILES string of the molecule is COc1ccc(OP(=O)(Oc2ccc(OC)cc2)[n+]2cccc(C)c2)cc1.O=[N+]([O-])c1ccc([O-])cc1. The molecule has 4 aromatic rings. The molecule has 0 aliphatic heterocycles. The van der Waals surface area contributed by atoms with E-state index in [-0.39, 0.29) is 11.4 Å². The molecule has 37 heavy (non-hydrogen) atoms. The molecule has 0 unspecified atom stereocenters. The standard InChI is InChI=1S/C20H21NO5P.C6H5NO3/c1-16-5-4-14-21(15-16)27(22,25-19-10-6-17(23-2)7-11-19)26-20-12-8-18(24-3)9-13-20;8-6-3-1-5(2-4-6)7(9)10/h4-15H,1-3H3;1-4,8H/q+1;/p-1. The van der Waals surface area contributed by atoms with Gasteiger partial charge in [0.25, 0.3) is 5.69 Å². The van der Waals surface area contributed by atoms with E-state index in [0.29, 0.717) is 23.0 Å². The lowest BCUT2D eigenvalue weighted by atomic mass is 10.3. The summed E-state index contributed by atoms with van der Waals surface area (Å²) in [6.07, 6.45) is 3.37. The summed E-state index contributed by atoms with van der Waals surface area (Å²) >= 11 is 0. The molecule has 0 saturated heterocycles. The fourth-order valence-corrected chi connectivity index (χ4v) is 4.52. The third-order valence-electron chi connectivity index (χ3n) is 4.82. The largest absolute Gasteiger partial charge is 0.872 e. The van der Waals surface area contributed by atoms with Gasteiger partial charge < -0.3 is 23.6 Å². The minimum Gasteiger partial charge on any atom is -0.872 e. The molecule has 0 amide bonds. The van der Waals surface area contributed by atoms with Crippen LogP contribution in [0.1, 0.15) is 5.56 Å². The molecule has 11 heteroatoms. The Labute approximate surface area is 214 Å². The number of nitrogens with zero attached hydrogens (tertiary/aromatic N) is 2. The molecule has 1 heterocycles. The van der Waals surface area contributed by atoms with Crippen LogP contribution in [-0.2, 0) is 4.57 Å². The molecular formula is C26H25N2O8P. The van der Waals surface area contributed by atoms with Crippen molar-refractivity contribution in [3.05, 3.63) is 113 Å². The molecule has 192 valence electrons. The maximum atomic E-state index is 13.7. The molecule has 0 bridgehead atoms. The van der Waals surface area contributed by atoms with Gasteiger partial charge in [-0.3, -0.25) is 10.1 Å². The zero-order chi connectivity index (χ0) is 26.8. The van der Waals surface area contributed by atoms with Gasteiger partial charge in [-0.05, 0) is 61.5 Å². The summed E-state index contributed by atoms with van der Waals surface area (Å²) in [6, 6.07) is 22.0. The van der Waals surface area contributed by atoms with Crippen molar-refractivity contribution in [3.8, 4) is 28.7 Å². The maximum absolute atomic E-state index is 13.7. The van der Waals surface area contributed by atoms with Gasteiger partial charge in [0.15, 0.2) is 12.4 Å². The molecule has 0 aliphatic carbocycles. The number of aryl methyl sites for hydroxylation is 1. The van der Waals surface area contributed by atoms with Crippen LogP contribution in [0.25, 0.3) is 0 Å². The van der Waals surface area contributed by atoms with Gasteiger partial charge >= 0.3 is 7.75 Å². The summed E-state index contributed by atoms with van der Waals surface area (Å²) < 4.78 is 37.0. The highest BCUT2D eigenvalue weighted by atomic mass is 31.2. The van der Waals surface area contributed by atoms with Crippen molar-refractivity contribution < 1.29 is 37.5 Å². The van der Waals surface area contributed by atoms with Gasteiger partial charge in [-0.25, -0.2) is 0 Å². The zero-order valence-electron chi connectivity index (χ0n) is 20.3. The predicted molar refractivity (Wildman–Crippen MR) is 134 cm³/mol. The van der Waals surface area contributed by atoms with E-state index in [2.05, 4.69) is 0 Å². The second-order valence-electron chi connectivity index (χ2n) is 7.51. The number of benzene rings is 3. The van der Waals surface area contributed by atoms with E-state index in [0.717, 1.165) is 17.7 Å². The summed E-state index contributed by atoms with van der Waals surface area (Å²) in [5, 5.41) is 20.4. The Morgan fingerprint density at radius 2 is 1.22 bits per heavy atom. The molecule has 0 N–H and O–H groups in total. The summed E-state index contributed by atoms with van der Waals surface area (Å²) in [5.41, 5.74) is 0.869. The third kappa shape index (κ3) is 7.71. The highest BCUT2D eigenvalue weighted by Gasteiger charge is 2.42. The second kappa shape index (κ2) is 12.4. The molecule has 3 aromatic carbocycles. The number of methoxy groups -OCH3 is 2. The normalized spacial score (nSPS) is 10.5. The highest BCUT2D eigenvalue weighted by molar-refractivity contribution is 7.47. The molecule has 0 aliphatic rings. The first-order valence-electron chi connectivity index (χ1n) is 10.9. The second-order valence-corrected chi connectivity index (χ2v) is 9.28. The van der Waals surface area contributed by atoms with Crippen molar-refractivity contribution in [2.24, 2.45) is 0 Å². The summed E-state index contributed by atoms with van der Waals surface area (Å²) in [6.45, 7) is 1.90. The number of rotatable bonds is 8. The minimum atomic E-state index is -3.75. The Bertz CT molecular complexity index is 1310. The van der Waals surface area contributed by atoms with E-state index in [4.69, 9.17) is 18.5 Å². The lowest BCUT2D eigenvalue weighted by Gasteiger charge is -2.14. The monoisotopic (exact) mass is 524 g/mol.